The fourth-order valence-corrected chi connectivity index (χ4v) is 3.81. The van der Waals surface area contributed by atoms with Gasteiger partial charge in [-0.15, -0.1) is 10.2 Å². The summed E-state index contributed by atoms with van der Waals surface area (Å²) in [4.78, 5) is 15.0. The number of nitrogens with zero attached hydrogens (tertiary/aromatic N) is 2. The van der Waals surface area contributed by atoms with E-state index in [0.29, 0.717) is 28.3 Å². The van der Waals surface area contributed by atoms with Crippen LogP contribution in [0.4, 0.5) is 0 Å². The largest absolute Gasteiger partial charge is 0.497 e. The van der Waals surface area contributed by atoms with Crippen LogP contribution in [-0.4, -0.2) is 28.2 Å². The van der Waals surface area contributed by atoms with Gasteiger partial charge in [0.15, 0.2) is 0 Å². The van der Waals surface area contributed by atoms with E-state index >= 15 is 0 Å². The monoisotopic (exact) mass is 364 g/mol. The highest BCUT2D eigenvalue weighted by Crippen LogP contribution is 2.31. The van der Waals surface area contributed by atoms with Crippen LogP contribution in [0.1, 0.15) is 20.9 Å². The van der Waals surface area contributed by atoms with Crippen molar-refractivity contribution < 1.29 is 9.53 Å². The number of hydrogen-bond acceptors (Lipinski definition) is 5. The van der Waals surface area contributed by atoms with Crippen molar-refractivity contribution in [3.63, 3.8) is 0 Å². The second-order valence-corrected chi connectivity index (χ2v) is 6.88. The van der Waals surface area contributed by atoms with Gasteiger partial charge in [0.05, 0.1) is 7.11 Å². The zero-order chi connectivity index (χ0) is 18.1. The van der Waals surface area contributed by atoms with Gasteiger partial charge >= 0.3 is 0 Å². The Labute approximate surface area is 153 Å². The van der Waals surface area contributed by atoms with Crippen LogP contribution in [0.25, 0.3) is 21.5 Å². The number of H-pyrrole nitrogens is 1. The van der Waals surface area contributed by atoms with E-state index in [4.69, 9.17) is 10.5 Å². The molecule has 3 N–H and O–H groups in total. The second kappa shape index (κ2) is 6.61. The molecule has 4 rings (SSSR count). The minimum absolute atomic E-state index is 0.403. The molecule has 0 saturated carbocycles. The van der Waals surface area contributed by atoms with Gasteiger partial charge in [-0.2, -0.15) is 0 Å². The lowest BCUT2D eigenvalue weighted by molar-refractivity contribution is 0.100. The van der Waals surface area contributed by atoms with Crippen molar-refractivity contribution in [2.45, 2.75) is 6.42 Å². The molecule has 0 radical (unpaired) electrons. The lowest BCUT2D eigenvalue weighted by Gasteiger charge is -2.06. The molecular formula is C19H16N4O2S. The van der Waals surface area contributed by atoms with Crippen molar-refractivity contribution in [2.24, 2.45) is 5.73 Å². The Hall–Kier alpha value is -3.19. The SMILES string of the molecule is COc1ccc(C(N)=O)c(-c2nnc(Cc3c[nH]c4ccccc34)s2)c1. The molecule has 26 heavy (non-hydrogen) atoms. The van der Waals surface area contributed by atoms with Gasteiger partial charge in [0.1, 0.15) is 15.8 Å². The number of amides is 1. The molecule has 0 aliphatic carbocycles. The van der Waals surface area contributed by atoms with E-state index in [-0.39, 0.29) is 0 Å². The number of hydrogen-bond donors (Lipinski definition) is 2. The standard InChI is InChI=1S/C19H16N4O2S/c1-25-12-6-7-14(18(20)24)15(9-12)19-23-22-17(26-19)8-11-10-21-16-5-3-2-4-13(11)16/h2-7,9-10,21H,8H2,1H3,(H2,20,24). The van der Waals surface area contributed by atoms with Crippen LogP contribution < -0.4 is 10.5 Å². The Bertz CT molecular complexity index is 1100. The van der Waals surface area contributed by atoms with Crippen LogP contribution in [-0.2, 0) is 6.42 Å². The van der Waals surface area contributed by atoms with Crippen LogP contribution in [0.2, 0.25) is 0 Å². The van der Waals surface area contributed by atoms with Crippen LogP contribution in [0.15, 0.2) is 48.7 Å². The van der Waals surface area contributed by atoms with Gasteiger partial charge in [-0.1, -0.05) is 29.5 Å². The molecule has 2 aromatic heterocycles. The molecule has 0 fully saturated rings. The van der Waals surface area contributed by atoms with E-state index in [9.17, 15) is 4.79 Å². The van der Waals surface area contributed by atoms with E-state index in [1.807, 2.05) is 24.4 Å². The summed E-state index contributed by atoms with van der Waals surface area (Å²) in [6, 6.07) is 13.3. The van der Waals surface area contributed by atoms with E-state index < -0.39 is 5.91 Å². The molecule has 1 amide bonds. The summed E-state index contributed by atoms with van der Waals surface area (Å²) in [5.41, 5.74) is 8.79. The Kier molecular flexibility index (Phi) is 4.14. The first-order valence-electron chi connectivity index (χ1n) is 8.01. The quantitative estimate of drug-likeness (QED) is 0.568. The highest BCUT2D eigenvalue weighted by atomic mass is 32.1. The zero-order valence-electron chi connectivity index (χ0n) is 14.0. The van der Waals surface area contributed by atoms with Crippen molar-refractivity contribution in [3.8, 4) is 16.3 Å². The molecule has 7 heteroatoms. The van der Waals surface area contributed by atoms with Crippen LogP contribution in [0, 0.1) is 0 Å². The number of methoxy groups -OCH3 is 1. The molecule has 4 aromatic rings. The maximum atomic E-state index is 11.7. The number of nitrogens with one attached hydrogen (secondary N) is 1. The van der Waals surface area contributed by atoms with Crippen LogP contribution in [0.3, 0.4) is 0 Å². The van der Waals surface area contributed by atoms with E-state index in [1.165, 1.54) is 16.7 Å². The smallest absolute Gasteiger partial charge is 0.249 e. The molecule has 130 valence electrons. The van der Waals surface area contributed by atoms with Gasteiger partial charge < -0.3 is 15.5 Å². The summed E-state index contributed by atoms with van der Waals surface area (Å²) >= 11 is 1.44. The molecule has 2 aromatic carbocycles. The lowest BCUT2D eigenvalue weighted by Crippen LogP contribution is -2.12. The van der Waals surface area contributed by atoms with Gasteiger partial charge in [-0.05, 0) is 29.8 Å². The first-order chi connectivity index (χ1) is 12.7. The Morgan fingerprint density at radius 1 is 1.23 bits per heavy atom. The molecule has 0 saturated heterocycles. The zero-order valence-corrected chi connectivity index (χ0v) is 14.8. The summed E-state index contributed by atoms with van der Waals surface area (Å²) in [7, 11) is 1.57. The fourth-order valence-electron chi connectivity index (χ4n) is 2.92. The average Bonchev–Trinajstić information content (AvgIpc) is 3.29. The number of primary amides is 1. The van der Waals surface area contributed by atoms with Crippen molar-refractivity contribution in [1.82, 2.24) is 15.2 Å². The first kappa shape index (κ1) is 16.3. The van der Waals surface area contributed by atoms with Crippen molar-refractivity contribution in [1.29, 1.82) is 0 Å². The van der Waals surface area contributed by atoms with E-state index in [1.54, 1.807) is 25.3 Å². The normalized spacial score (nSPS) is 11.0. The predicted molar refractivity (Wildman–Crippen MR) is 102 cm³/mol. The Balaban J connectivity index is 1.69. The lowest BCUT2D eigenvalue weighted by atomic mass is 10.1. The molecule has 2 heterocycles. The number of carbonyl (C=O) groups excluding carboxylic acids is 1. The first-order valence-corrected chi connectivity index (χ1v) is 8.83. The predicted octanol–water partition coefficient (Wildman–Crippen LogP) is 3.38. The number of nitrogens with two attached hydrogens (primary N) is 1. The van der Waals surface area contributed by atoms with Crippen molar-refractivity contribution in [2.75, 3.05) is 7.11 Å². The topological polar surface area (TPSA) is 93.9 Å². The third-order valence-electron chi connectivity index (χ3n) is 4.21. The minimum atomic E-state index is -0.504. The average molecular weight is 364 g/mol. The van der Waals surface area contributed by atoms with E-state index in [2.05, 4.69) is 21.2 Å². The third kappa shape index (κ3) is 2.93. The number of para-hydroxylation sites is 1. The summed E-state index contributed by atoms with van der Waals surface area (Å²) in [6.07, 6.45) is 2.66. The van der Waals surface area contributed by atoms with Crippen LogP contribution in [0.5, 0.6) is 5.75 Å². The number of aromatic nitrogens is 3. The van der Waals surface area contributed by atoms with Gasteiger partial charge in [0.2, 0.25) is 5.91 Å². The molecule has 0 spiro atoms. The molecule has 6 nitrogen and oxygen atoms in total. The summed E-state index contributed by atoms with van der Waals surface area (Å²) in [6.45, 7) is 0. The molecule has 0 atom stereocenters. The highest BCUT2D eigenvalue weighted by molar-refractivity contribution is 7.14. The van der Waals surface area contributed by atoms with Gasteiger partial charge in [-0.25, -0.2) is 0 Å². The van der Waals surface area contributed by atoms with E-state index in [0.717, 1.165) is 16.1 Å². The van der Waals surface area contributed by atoms with Crippen LogP contribution >= 0.6 is 11.3 Å². The summed E-state index contributed by atoms with van der Waals surface area (Å²) in [5, 5.41) is 11.2. The maximum absolute atomic E-state index is 11.7. The Morgan fingerprint density at radius 2 is 2.08 bits per heavy atom. The second-order valence-electron chi connectivity index (χ2n) is 5.81. The number of benzene rings is 2. The van der Waals surface area contributed by atoms with Gasteiger partial charge in [-0.3, -0.25) is 4.79 Å². The number of ether oxygens (including phenoxy) is 1. The number of carbonyl (C=O) groups is 1. The number of fused-ring (bicyclic) bond motifs is 1. The van der Waals surface area contributed by atoms with Crippen molar-refractivity contribution in [3.05, 3.63) is 64.8 Å². The number of aromatic amines is 1. The fraction of sp³-hybridized carbons (Fsp3) is 0.105. The molecule has 0 aliphatic rings. The van der Waals surface area contributed by atoms with Gasteiger partial charge in [0.25, 0.3) is 0 Å². The molecular weight excluding hydrogens is 348 g/mol. The third-order valence-corrected chi connectivity index (χ3v) is 5.16. The van der Waals surface area contributed by atoms with Crippen molar-refractivity contribution >= 4 is 28.1 Å². The molecule has 0 bridgehead atoms. The number of rotatable bonds is 5. The maximum Gasteiger partial charge on any atom is 0.249 e. The molecule has 0 aliphatic heterocycles. The summed E-state index contributed by atoms with van der Waals surface area (Å²) in [5.74, 6) is 0.134. The molecule has 0 unspecified atom stereocenters. The van der Waals surface area contributed by atoms with Gasteiger partial charge in [0, 0.05) is 34.6 Å². The summed E-state index contributed by atoms with van der Waals surface area (Å²) < 4.78 is 5.25. The Morgan fingerprint density at radius 3 is 2.88 bits per heavy atom. The highest BCUT2D eigenvalue weighted by Gasteiger charge is 2.16. The minimum Gasteiger partial charge on any atom is -0.497 e.